The molecule has 1 heterocycles. The van der Waals surface area contributed by atoms with Crippen molar-refractivity contribution < 1.29 is 15.4 Å². The molecule has 6 heteroatoms. The van der Waals surface area contributed by atoms with Gasteiger partial charge in [0.25, 0.3) is 5.09 Å². The summed E-state index contributed by atoms with van der Waals surface area (Å²) in [6.07, 6.45) is 0.795. The maximum atomic E-state index is 8.44. The van der Waals surface area contributed by atoms with Crippen molar-refractivity contribution in [1.29, 1.82) is 0 Å². The van der Waals surface area contributed by atoms with Crippen LogP contribution in [-0.2, 0) is 6.42 Å². The van der Waals surface area contributed by atoms with Crippen LogP contribution in [0.5, 0.6) is 0 Å². The van der Waals surface area contributed by atoms with Gasteiger partial charge in [-0.1, -0.05) is 0 Å². The molecule has 12 heavy (non-hydrogen) atoms. The fourth-order valence-corrected chi connectivity index (χ4v) is 1.27. The van der Waals surface area contributed by atoms with Gasteiger partial charge in [0, 0.05) is 6.61 Å². The predicted octanol–water partition coefficient (Wildman–Crippen LogP) is 0.935. The van der Waals surface area contributed by atoms with E-state index in [2.05, 4.69) is 5.38 Å². The summed E-state index contributed by atoms with van der Waals surface area (Å²) in [4.78, 5) is 8.36. The SMILES string of the molecule is O=[N+]([O-])O.OCCc1ccsc1. The average Bonchev–Trinajstić information content (AvgIpc) is 2.39. The van der Waals surface area contributed by atoms with Crippen LogP contribution in [0.1, 0.15) is 5.56 Å². The summed E-state index contributed by atoms with van der Waals surface area (Å²) in [7, 11) is 0. The molecule has 0 radical (unpaired) electrons. The molecule has 0 aliphatic heterocycles. The molecule has 0 bridgehead atoms. The van der Waals surface area contributed by atoms with E-state index in [4.69, 9.17) is 20.4 Å². The number of aliphatic hydroxyl groups is 1. The van der Waals surface area contributed by atoms with Crippen LogP contribution in [0.3, 0.4) is 0 Å². The molecule has 2 N–H and O–H groups in total. The summed E-state index contributed by atoms with van der Waals surface area (Å²) < 4.78 is 0. The summed E-state index contributed by atoms with van der Waals surface area (Å²) in [5.41, 5.74) is 1.23. The van der Waals surface area contributed by atoms with E-state index in [-0.39, 0.29) is 6.61 Å². The van der Waals surface area contributed by atoms with Crippen LogP contribution >= 0.6 is 11.3 Å². The molecule has 68 valence electrons. The first kappa shape index (κ1) is 10.9. The second-order valence-electron chi connectivity index (χ2n) is 1.84. The van der Waals surface area contributed by atoms with Crippen molar-refractivity contribution in [3.8, 4) is 0 Å². The van der Waals surface area contributed by atoms with Gasteiger partial charge in [-0.3, -0.25) is 0 Å². The van der Waals surface area contributed by atoms with Crippen molar-refractivity contribution in [3.05, 3.63) is 32.5 Å². The molecule has 1 rings (SSSR count). The first-order valence-corrected chi connectivity index (χ1v) is 4.06. The second-order valence-corrected chi connectivity index (χ2v) is 2.62. The lowest BCUT2D eigenvalue weighted by Crippen LogP contribution is -1.85. The summed E-state index contributed by atoms with van der Waals surface area (Å²) in [5, 5.41) is 26.2. The van der Waals surface area contributed by atoms with Crippen LogP contribution < -0.4 is 0 Å². The van der Waals surface area contributed by atoms with Crippen molar-refractivity contribution in [2.75, 3.05) is 6.61 Å². The second kappa shape index (κ2) is 6.56. The Morgan fingerprint density at radius 1 is 1.67 bits per heavy atom. The lowest BCUT2D eigenvalue weighted by molar-refractivity contribution is -0.742. The lowest BCUT2D eigenvalue weighted by Gasteiger charge is -1.85. The standard InChI is InChI=1S/C6H8OS.HNO3/c7-3-1-6-2-4-8-5-6;2-1(3)4/h2,4-5,7H,1,3H2;(H,2,3,4). The highest BCUT2D eigenvalue weighted by Gasteiger charge is 1.87. The number of thiophene rings is 1. The van der Waals surface area contributed by atoms with E-state index in [1.54, 1.807) is 11.3 Å². The molecule has 0 unspecified atom stereocenters. The van der Waals surface area contributed by atoms with E-state index in [0.717, 1.165) is 6.42 Å². The summed E-state index contributed by atoms with van der Waals surface area (Å²) in [6.45, 7) is 0.261. The molecule has 0 atom stereocenters. The van der Waals surface area contributed by atoms with Gasteiger partial charge < -0.3 is 10.3 Å². The fourth-order valence-electron chi connectivity index (χ4n) is 0.564. The van der Waals surface area contributed by atoms with Crippen LogP contribution in [-0.4, -0.2) is 22.0 Å². The molecular formula is C6H9NO4S. The van der Waals surface area contributed by atoms with Gasteiger partial charge in [0.15, 0.2) is 0 Å². The van der Waals surface area contributed by atoms with Gasteiger partial charge in [0.1, 0.15) is 0 Å². The summed E-state index contributed by atoms with van der Waals surface area (Å²) in [6, 6.07) is 2.03. The van der Waals surface area contributed by atoms with Gasteiger partial charge in [-0.05, 0) is 28.8 Å². The number of hydrogen-bond donors (Lipinski definition) is 2. The largest absolute Gasteiger partial charge is 0.396 e. The van der Waals surface area contributed by atoms with Crippen molar-refractivity contribution in [3.63, 3.8) is 0 Å². The first-order chi connectivity index (χ1) is 5.66. The minimum atomic E-state index is -1.50. The van der Waals surface area contributed by atoms with Crippen molar-refractivity contribution >= 4 is 11.3 Å². The zero-order valence-electron chi connectivity index (χ0n) is 6.21. The van der Waals surface area contributed by atoms with Crippen LogP contribution in [0.25, 0.3) is 0 Å². The third-order valence-electron chi connectivity index (χ3n) is 0.981. The van der Waals surface area contributed by atoms with E-state index in [1.807, 2.05) is 11.4 Å². The van der Waals surface area contributed by atoms with Crippen LogP contribution in [0.2, 0.25) is 0 Å². The molecule has 0 aliphatic carbocycles. The van der Waals surface area contributed by atoms with Crippen molar-refractivity contribution in [2.24, 2.45) is 0 Å². The smallest absolute Gasteiger partial charge is 0.291 e. The Morgan fingerprint density at radius 3 is 2.58 bits per heavy atom. The third kappa shape index (κ3) is 6.97. The first-order valence-electron chi connectivity index (χ1n) is 3.12. The number of aliphatic hydroxyl groups excluding tert-OH is 1. The topological polar surface area (TPSA) is 83.6 Å². The fraction of sp³-hybridized carbons (Fsp3) is 0.333. The lowest BCUT2D eigenvalue weighted by atomic mass is 10.3. The predicted molar refractivity (Wildman–Crippen MR) is 43.9 cm³/mol. The maximum Gasteiger partial charge on any atom is 0.291 e. The molecule has 0 saturated heterocycles. The number of nitrogens with zero attached hydrogens (tertiary/aromatic N) is 1. The Morgan fingerprint density at radius 2 is 2.25 bits per heavy atom. The molecule has 0 spiro atoms. The minimum Gasteiger partial charge on any atom is -0.396 e. The molecule has 0 saturated carbocycles. The molecule has 0 amide bonds. The summed E-state index contributed by atoms with van der Waals surface area (Å²) >= 11 is 1.67. The quantitative estimate of drug-likeness (QED) is 0.538. The highest BCUT2D eigenvalue weighted by Crippen LogP contribution is 2.05. The number of hydrogen-bond acceptors (Lipinski definition) is 4. The minimum absolute atomic E-state index is 0.261. The van der Waals surface area contributed by atoms with Gasteiger partial charge in [0.2, 0.25) is 0 Å². The molecule has 0 aliphatic rings. The van der Waals surface area contributed by atoms with E-state index >= 15 is 0 Å². The molecule has 5 nitrogen and oxygen atoms in total. The van der Waals surface area contributed by atoms with E-state index in [1.165, 1.54) is 5.56 Å². The van der Waals surface area contributed by atoms with Crippen LogP contribution in [0.15, 0.2) is 16.8 Å². The number of rotatable bonds is 2. The van der Waals surface area contributed by atoms with E-state index in [9.17, 15) is 0 Å². The Balaban J connectivity index is 0.000000261. The van der Waals surface area contributed by atoms with Gasteiger partial charge in [0.05, 0.1) is 0 Å². The van der Waals surface area contributed by atoms with Crippen molar-refractivity contribution in [2.45, 2.75) is 6.42 Å². The Hall–Kier alpha value is -1.14. The van der Waals surface area contributed by atoms with Crippen LogP contribution in [0.4, 0.5) is 0 Å². The maximum absolute atomic E-state index is 8.44. The molecule has 0 aromatic carbocycles. The Kier molecular flexibility index (Phi) is 5.94. The van der Waals surface area contributed by atoms with Gasteiger partial charge in [-0.25, -0.2) is 0 Å². The monoisotopic (exact) mass is 191 g/mol. The van der Waals surface area contributed by atoms with Crippen molar-refractivity contribution in [1.82, 2.24) is 0 Å². The molecule has 1 aromatic heterocycles. The molecule has 1 aromatic rings. The average molecular weight is 191 g/mol. The Labute approximate surface area is 73.0 Å². The van der Waals surface area contributed by atoms with Gasteiger partial charge in [-0.15, -0.1) is 10.1 Å². The highest BCUT2D eigenvalue weighted by molar-refractivity contribution is 7.07. The van der Waals surface area contributed by atoms with E-state index < -0.39 is 5.09 Å². The molecule has 0 fully saturated rings. The zero-order valence-corrected chi connectivity index (χ0v) is 7.03. The normalized spacial score (nSPS) is 8.42. The molecular weight excluding hydrogens is 182 g/mol. The van der Waals surface area contributed by atoms with E-state index in [0.29, 0.717) is 0 Å². The third-order valence-corrected chi connectivity index (χ3v) is 1.71. The zero-order chi connectivity index (χ0) is 9.40. The highest BCUT2D eigenvalue weighted by atomic mass is 32.1. The van der Waals surface area contributed by atoms with Gasteiger partial charge >= 0.3 is 0 Å². The summed E-state index contributed by atoms with van der Waals surface area (Å²) in [5.74, 6) is 0. The Bertz CT molecular complexity index is 207. The van der Waals surface area contributed by atoms with Crippen LogP contribution in [0, 0.1) is 10.1 Å². The van der Waals surface area contributed by atoms with Gasteiger partial charge in [-0.2, -0.15) is 11.3 Å².